The van der Waals surface area contributed by atoms with Crippen molar-refractivity contribution in [3.8, 4) is 5.75 Å². The molecule has 2 fully saturated rings. The smallest absolute Gasteiger partial charge is 0.305 e. The fourth-order valence-corrected chi connectivity index (χ4v) is 6.10. The fraction of sp³-hybridized carbons (Fsp3) is 0.391. The van der Waals surface area contributed by atoms with Crippen LogP contribution in [0.25, 0.3) is 0 Å². The number of methoxy groups -OCH3 is 2. The van der Waals surface area contributed by atoms with Crippen molar-refractivity contribution in [1.82, 2.24) is 4.90 Å². The Balaban J connectivity index is 1.67. The monoisotopic (exact) mass is 443 g/mol. The molecule has 164 valence electrons. The van der Waals surface area contributed by atoms with E-state index in [2.05, 4.69) is 0 Å². The Labute approximate surface area is 183 Å². The van der Waals surface area contributed by atoms with Crippen LogP contribution in [0, 0.1) is 0 Å². The minimum Gasteiger partial charge on any atom is -0.497 e. The summed E-state index contributed by atoms with van der Waals surface area (Å²) in [7, 11) is 1.28. The highest BCUT2D eigenvalue weighted by Gasteiger charge is 2.60. The molecule has 2 aliphatic rings. The molecule has 0 bridgehead atoms. The molecule has 0 saturated carbocycles. The lowest BCUT2D eigenvalue weighted by atomic mass is 9.98. The molecule has 7 nitrogen and oxygen atoms in total. The fourth-order valence-electron chi connectivity index (χ4n) is 4.34. The molecule has 0 radical (unpaired) electrons. The lowest BCUT2D eigenvalue weighted by Crippen LogP contribution is -2.45. The van der Waals surface area contributed by atoms with E-state index >= 15 is 0 Å². The molecule has 0 spiro atoms. The number of esters is 1. The largest absolute Gasteiger partial charge is 0.497 e. The van der Waals surface area contributed by atoms with Gasteiger partial charge in [-0.05, 0) is 37.1 Å². The number of nitrogens with zero attached hydrogens (tertiary/aromatic N) is 1. The van der Waals surface area contributed by atoms with Gasteiger partial charge in [0, 0.05) is 16.9 Å². The van der Waals surface area contributed by atoms with Gasteiger partial charge in [0.25, 0.3) is 0 Å². The Morgan fingerprint density at radius 3 is 2.52 bits per heavy atom. The van der Waals surface area contributed by atoms with Crippen LogP contribution >= 0.6 is 0 Å². The van der Waals surface area contributed by atoms with Gasteiger partial charge in [0.2, 0.25) is 5.91 Å². The Hall–Kier alpha value is -2.71. The van der Waals surface area contributed by atoms with Crippen LogP contribution in [0.2, 0.25) is 0 Å². The zero-order valence-electron chi connectivity index (χ0n) is 17.5. The molecule has 4 rings (SSSR count). The molecule has 2 aromatic rings. The molecular formula is C23H25NO6S. The summed E-state index contributed by atoms with van der Waals surface area (Å²) in [6.45, 7) is 0.356. The highest BCUT2D eigenvalue weighted by Crippen LogP contribution is 2.47. The quantitative estimate of drug-likeness (QED) is 0.612. The summed E-state index contributed by atoms with van der Waals surface area (Å²) in [6.07, 6.45) is -0.0226. The van der Waals surface area contributed by atoms with Gasteiger partial charge in [0.15, 0.2) is 6.23 Å². The Morgan fingerprint density at radius 2 is 1.87 bits per heavy atom. The van der Waals surface area contributed by atoms with Crippen LogP contribution < -0.4 is 4.74 Å². The number of benzene rings is 2. The van der Waals surface area contributed by atoms with Crippen LogP contribution in [0.4, 0.5) is 0 Å². The van der Waals surface area contributed by atoms with Gasteiger partial charge in [-0.25, -0.2) is 0 Å². The van der Waals surface area contributed by atoms with E-state index in [0.29, 0.717) is 23.7 Å². The molecule has 2 saturated heterocycles. The summed E-state index contributed by atoms with van der Waals surface area (Å²) in [6, 6.07) is 16.1. The Bertz CT molecular complexity index is 979. The molecule has 0 N–H and O–H groups in total. The number of carbonyl (C=O) groups is 2. The van der Waals surface area contributed by atoms with Crippen molar-refractivity contribution in [1.29, 1.82) is 0 Å². The molecule has 2 aliphatic heterocycles. The summed E-state index contributed by atoms with van der Waals surface area (Å²) in [4.78, 5) is 28.0. The van der Waals surface area contributed by atoms with E-state index in [1.54, 1.807) is 36.3 Å². The van der Waals surface area contributed by atoms with Crippen LogP contribution in [0.15, 0.2) is 59.5 Å². The SMILES string of the molecule is COC(=O)CC[C@]1(S(=O)c2ccccc2)C[C@H]2CO[C@H](c3ccc(OC)cc3)N2C1=O. The van der Waals surface area contributed by atoms with Gasteiger partial charge in [0.05, 0.1) is 37.7 Å². The number of hydrogen-bond acceptors (Lipinski definition) is 6. The van der Waals surface area contributed by atoms with Gasteiger partial charge in [-0.15, -0.1) is 0 Å². The third-order valence-electron chi connectivity index (χ3n) is 5.96. The first-order valence-electron chi connectivity index (χ1n) is 10.1. The lowest BCUT2D eigenvalue weighted by Gasteiger charge is -2.29. The zero-order valence-corrected chi connectivity index (χ0v) is 18.3. The molecule has 1 unspecified atom stereocenters. The Morgan fingerprint density at radius 1 is 1.16 bits per heavy atom. The molecule has 31 heavy (non-hydrogen) atoms. The maximum atomic E-state index is 13.8. The molecular weight excluding hydrogens is 418 g/mol. The average Bonchev–Trinajstić information content (AvgIpc) is 3.35. The van der Waals surface area contributed by atoms with Gasteiger partial charge in [-0.3, -0.25) is 13.8 Å². The van der Waals surface area contributed by atoms with E-state index in [0.717, 1.165) is 5.56 Å². The summed E-state index contributed by atoms with van der Waals surface area (Å²) in [5, 5.41) is 0. The second-order valence-corrected chi connectivity index (χ2v) is 9.47. The summed E-state index contributed by atoms with van der Waals surface area (Å²) < 4.78 is 28.4. The minimum atomic E-state index is -1.63. The van der Waals surface area contributed by atoms with Crippen LogP contribution in [0.5, 0.6) is 5.75 Å². The van der Waals surface area contributed by atoms with Crippen molar-refractivity contribution < 1.29 is 28.0 Å². The van der Waals surface area contributed by atoms with E-state index in [9.17, 15) is 13.8 Å². The highest BCUT2D eigenvalue weighted by atomic mass is 32.2. The second-order valence-electron chi connectivity index (χ2n) is 7.68. The van der Waals surface area contributed by atoms with Crippen molar-refractivity contribution >= 4 is 22.7 Å². The number of fused-ring (bicyclic) bond motifs is 1. The number of hydrogen-bond donors (Lipinski definition) is 0. The Kier molecular flexibility index (Phi) is 6.11. The first kappa shape index (κ1) is 21.5. The van der Waals surface area contributed by atoms with E-state index in [4.69, 9.17) is 14.2 Å². The molecule has 2 heterocycles. The van der Waals surface area contributed by atoms with Crippen molar-refractivity contribution in [3.63, 3.8) is 0 Å². The van der Waals surface area contributed by atoms with Crippen LogP contribution in [0.3, 0.4) is 0 Å². The number of amides is 1. The first-order valence-corrected chi connectivity index (χ1v) is 11.3. The van der Waals surface area contributed by atoms with Gasteiger partial charge >= 0.3 is 5.97 Å². The third-order valence-corrected chi connectivity index (χ3v) is 7.91. The summed E-state index contributed by atoms with van der Waals surface area (Å²) in [5.74, 6) is 0.0396. The molecule has 4 atom stereocenters. The van der Waals surface area contributed by atoms with Crippen molar-refractivity contribution in [3.05, 3.63) is 60.2 Å². The van der Waals surface area contributed by atoms with E-state index < -0.39 is 27.7 Å². The van der Waals surface area contributed by atoms with Crippen LogP contribution in [0.1, 0.15) is 31.1 Å². The molecule has 8 heteroatoms. The van der Waals surface area contributed by atoms with Crippen LogP contribution in [-0.4, -0.2) is 52.6 Å². The molecule has 2 aromatic carbocycles. The summed E-state index contributed by atoms with van der Waals surface area (Å²) in [5.41, 5.74) is 0.825. The van der Waals surface area contributed by atoms with Crippen LogP contribution in [-0.2, 0) is 29.9 Å². The topological polar surface area (TPSA) is 82.1 Å². The zero-order chi connectivity index (χ0) is 22.0. The average molecular weight is 444 g/mol. The van der Waals surface area contributed by atoms with Gasteiger partial charge in [-0.2, -0.15) is 0 Å². The van der Waals surface area contributed by atoms with Gasteiger partial charge in [0.1, 0.15) is 10.5 Å². The van der Waals surface area contributed by atoms with Crippen molar-refractivity contribution in [2.24, 2.45) is 0 Å². The molecule has 0 aromatic heterocycles. The summed E-state index contributed by atoms with van der Waals surface area (Å²) >= 11 is 0. The van der Waals surface area contributed by atoms with E-state index in [-0.39, 0.29) is 24.8 Å². The first-order chi connectivity index (χ1) is 15.0. The third kappa shape index (κ3) is 3.85. The predicted octanol–water partition coefficient (Wildman–Crippen LogP) is 2.82. The van der Waals surface area contributed by atoms with E-state index in [1.165, 1.54) is 7.11 Å². The van der Waals surface area contributed by atoms with Gasteiger partial charge in [-0.1, -0.05) is 30.3 Å². The predicted molar refractivity (Wildman–Crippen MR) is 114 cm³/mol. The lowest BCUT2D eigenvalue weighted by molar-refractivity contribution is -0.141. The maximum Gasteiger partial charge on any atom is 0.305 e. The molecule has 1 amide bonds. The van der Waals surface area contributed by atoms with Gasteiger partial charge < -0.3 is 19.1 Å². The standard InChI is InChI=1S/C23H25NO6S/c1-28-18-10-8-16(9-11-18)21-24-17(15-30-21)14-23(22(24)26,13-12-20(25)29-2)31(27)19-6-4-3-5-7-19/h3-11,17,21H,12-15H2,1-2H3/t17-,21+,23-,31?/m0/s1. The maximum absolute atomic E-state index is 13.8. The minimum absolute atomic E-state index is 0.0232. The number of carbonyl (C=O) groups excluding carboxylic acids is 2. The number of rotatable bonds is 7. The van der Waals surface area contributed by atoms with Crippen molar-refractivity contribution in [2.75, 3.05) is 20.8 Å². The molecule has 0 aliphatic carbocycles. The van der Waals surface area contributed by atoms with Crippen molar-refractivity contribution in [2.45, 2.75) is 41.2 Å². The number of ether oxygens (including phenoxy) is 3. The normalized spacial score (nSPS) is 25.9. The highest BCUT2D eigenvalue weighted by molar-refractivity contribution is 7.87. The second kappa shape index (κ2) is 8.80. The van der Waals surface area contributed by atoms with E-state index in [1.807, 2.05) is 30.3 Å².